The van der Waals surface area contributed by atoms with E-state index in [1.165, 1.54) is 0 Å². The van der Waals surface area contributed by atoms with E-state index in [1.807, 2.05) is 0 Å². The summed E-state index contributed by atoms with van der Waals surface area (Å²) < 4.78 is 28.1. The van der Waals surface area contributed by atoms with Crippen molar-refractivity contribution in [3.8, 4) is 0 Å². The van der Waals surface area contributed by atoms with Crippen LogP contribution in [0.25, 0.3) is 0 Å². The first kappa shape index (κ1) is 13.3. The average Bonchev–Trinajstić information content (AvgIpc) is 2.74. The maximum Gasteiger partial charge on any atom is 0.282 e. The molecule has 1 saturated carbocycles. The molecule has 1 aliphatic heterocycles. The summed E-state index contributed by atoms with van der Waals surface area (Å²) >= 11 is 0. The van der Waals surface area contributed by atoms with E-state index >= 15 is 0 Å². The fraction of sp³-hybridized carbons (Fsp3) is 1.00. The van der Waals surface area contributed by atoms with Crippen molar-refractivity contribution >= 4 is 10.2 Å². The predicted molar refractivity (Wildman–Crippen MR) is 65.8 cm³/mol. The normalized spacial score (nSPS) is 23.2. The van der Waals surface area contributed by atoms with Gasteiger partial charge in [-0.3, -0.25) is 0 Å². The molecule has 0 aromatic heterocycles. The second kappa shape index (κ2) is 5.65. The fourth-order valence-electron chi connectivity index (χ4n) is 2.45. The van der Waals surface area contributed by atoms with Gasteiger partial charge in [0.1, 0.15) is 0 Å². The molecule has 0 radical (unpaired) electrons. The molecule has 2 aliphatic rings. The van der Waals surface area contributed by atoms with Crippen molar-refractivity contribution in [1.82, 2.24) is 8.61 Å². The topological polar surface area (TPSA) is 60.9 Å². The van der Waals surface area contributed by atoms with E-state index in [0.717, 1.165) is 32.1 Å². The molecule has 0 spiro atoms. The van der Waals surface area contributed by atoms with E-state index in [4.69, 9.17) is 5.11 Å². The maximum absolute atomic E-state index is 12.4. The van der Waals surface area contributed by atoms with E-state index in [2.05, 4.69) is 0 Å². The summed E-state index contributed by atoms with van der Waals surface area (Å²) in [5.41, 5.74) is 0. The van der Waals surface area contributed by atoms with E-state index in [1.54, 1.807) is 8.61 Å². The van der Waals surface area contributed by atoms with Crippen LogP contribution in [0.15, 0.2) is 0 Å². The van der Waals surface area contributed by atoms with Gasteiger partial charge in [0, 0.05) is 32.3 Å². The second-order valence-corrected chi connectivity index (χ2v) is 6.77. The minimum atomic E-state index is -3.28. The van der Waals surface area contributed by atoms with Crippen LogP contribution in [-0.4, -0.2) is 54.4 Å². The molecule has 6 heteroatoms. The van der Waals surface area contributed by atoms with E-state index in [9.17, 15) is 8.42 Å². The molecule has 0 unspecified atom stereocenters. The standard InChI is InChI=1S/C11H22N2O3S/c14-10-4-9-13(11-5-3-6-11)17(15,16)12-7-1-2-8-12/h11,14H,1-10H2. The van der Waals surface area contributed by atoms with E-state index in [0.29, 0.717) is 26.1 Å². The first-order valence-electron chi connectivity index (χ1n) is 6.54. The lowest BCUT2D eigenvalue weighted by molar-refractivity contribution is 0.189. The number of hydrogen-bond donors (Lipinski definition) is 1. The van der Waals surface area contributed by atoms with Crippen LogP contribution in [-0.2, 0) is 10.2 Å². The highest BCUT2D eigenvalue weighted by Crippen LogP contribution is 2.29. The van der Waals surface area contributed by atoms with Crippen LogP contribution in [0.5, 0.6) is 0 Å². The van der Waals surface area contributed by atoms with Gasteiger partial charge in [-0.1, -0.05) is 6.42 Å². The summed E-state index contributed by atoms with van der Waals surface area (Å²) in [5, 5.41) is 8.88. The third-order valence-electron chi connectivity index (χ3n) is 3.71. The first-order chi connectivity index (χ1) is 8.16. The number of aliphatic hydroxyl groups excluding tert-OH is 1. The Morgan fingerprint density at radius 3 is 2.29 bits per heavy atom. The zero-order valence-corrected chi connectivity index (χ0v) is 11.0. The lowest BCUT2D eigenvalue weighted by Gasteiger charge is -2.38. The summed E-state index contributed by atoms with van der Waals surface area (Å²) in [5.74, 6) is 0. The number of aliphatic hydroxyl groups is 1. The van der Waals surface area contributed by atoms with Crippen LogP contribution >= 0.6 is 0 Å². The molecule has 0 bridgehead atoms. The number of rotatable bonds is 6. The Morgan fingerprint density at radius 2 is 1.82 bits per heavy atom. The lowest BCUT2D eigenvalue weighted by Crippen LogP contribution is -2.50. The number of hydrogen-bond acceptors (Lipinski definition) is 3. The van der Waals surface area contributed by atoms with Gasteiger partial charge in [0.05, 0.1) is 0 Å². The molecule has 0 aromatic carbocycles. The van der Waals surface area contributed by atoms with Gasteiger partial charge >= 0.3 is 0 Å². The van der Waals surface area contributed by atoms with Crippen LogP contribution in [0.3, 0.4) is 0 Å². The van der Waals surface area contributed by atoms with Crippen LogP contribution in [0, 0.1) is 0 Å². The molecule has 0 aromatic rings. The molecule has 0 atom stereocenters. The van der Waals surface area contributed by atoms with Crippen molar-refractivity contribution in [1.29, 1.82) is 0 Å². The van der Waals surface area contributed by atoms with Crippen molar-refractivity contribution < 1.29 is 13.5 Å². The van der Waals surface area contributed by atoms with Crippen LogP contribution in [0.4, 0.5) is 0 Å². The Kier molecular flexibility index (Phi) is 4.41. The minimum absolute atomic E-state index is 0.0543. The Morgan fingerprint density at radius 1 is 1.18 bits per heavy atom. The molecule has 100 valence electrons. The van der Waals surface area contributed by atoms with Gasteiger partial charge in [0.2, 0.25) is 0 Å². The highest BCUT2D eigenvalue weighted by molar-refractivity contribution is 7.86. The molecule has 1 aliphatic carbocycles. The van der Waals surface area contributed by atoms with Crippen molar-refractivity contribution in [3.63, 3.8) is 0 Å². The zero-order chi connectivity index (χ0) is 12.3. The highest BCUT2D eigenvalue weighted by Gasteiger charge is 2.37. The molecular formula is C11H22N2O3S. The third-order valence-corrected chi connectivity index (χ3v) is 5.80. The molecule has 5 nitrogen and oxygen atoms in total. The SMILES string of the molecule is O=S(=O)(N1CCCC1)N(CCCO)C1CCC1. The monoisotopic (exact) mass is 262 g/mol. The minimum Gasteiger partial charge on any atom is -0.396 e. The van der Waals surface area contributed by atoms with Gasteiger partial charge in [0.15, 0.2) is 0 Å². The fourth-order valence-corrected chi connectivity index (χ4v) is 4.42. The Labute approximate surface area is 104 Å². The number of nitrogens with zero attached hydrogens (tertiary/aromatic N) is 2. The Hall–Kier alpha value is -0.170. The smallest absolute Gasteiger partial charge is 0.282 e. The lowest BCUT2D eigenvalue weighted by atomic mass is 9.93. The molecule has 17 heavy (non-hydrogen) atoms. The second-order valence-electron chi connectivity index (χ2n) is 4.89. The molecular weight excluding hydrogens is 240 g/mol. The average molecular weight is 262 g/mol. The van der Waals surface area contributed by atoms with Gasteiger partial charge in [0.25, 0.3) is 10.2 Å². The van der Waals surface area contributed by atoms with Gasteiger partial charge in [-0.2, -0.15) is 17.0 Å². The highest BCUT2D eigenvalue weighted by atomic mass is 32.2. The summed E-state index contributed by atoms with van der Waals surface area (Å²) in [7, 11) is -3.28. The van der Waals surface area contributed by atoms with Crippen molar-refractivity contribution in [2.75, 3.05) is 26.2 Å². The Bertz CT molecular complexity index is 335. The first-order valence-corrected chi connectivity index (χ1v) is 7.94. The maximum atomic E-state index is 12.4. The summed E-state index contributed by atoms with van der Waals surface area (Å²) in [4.78, 5) is 0. The zero-order valence-electron chi connectivity index (χ0n) is 10.2. The van der Waals surface area contributed by atoms with Gasteiger partial charge in [-0.25, -0.2) is 0 Å². The van der Waals surface area contributed by atoms with E-state index < -0.39 is 10.2 Å². The van der Waals surface area contributed by atoms with Crippen LogP contribution in [0.2, 0.25) is 0 Å². The molecule has 1 saturated heterocycles. The predicted octanol–water partition coefficient (Wildman–Crippen LogP) is 0.564. The third kappa shape index (κ3) is 2.81. The molecule has 2 fully saturated rings. The molecule has 1 heterocycles. The largest absolute Gasteiger partial charge is 0.396 e. The summed E-state index contributed by atoms with van der Waals surface area (Å²) in [6.45, 7) is 1.83. The van der Waals surface area contributed by atoms with Crippen LogP contribution in [0.1, 0.15) is 38.5 Å². The molecule has 1 N–H and O–H groups in total. The van der Waals surface area contributed by atoms with Crippen LogP contribution < -0.4 is 0 Å². The van der Waals surface area contributed by atoms with Crippen molar-refractivity contribution in [2.45, 2.75) is 44.6 Å². The quantitative estimate of drug-likeness (QED) is 0.761. The van der Waals surface area contributed by atoms with Gasteiger partial charge in [-0.15, -0.1) is 0 Å². The molecule has 2 rings (SSSR count). The van der Waals surface area contributed by atoms with Crippen molar-refractivity contribution in [3.05, 3.63) is 0 Å². The van der Waals surface area contributed by atoms with Gasteiger partial charge in [-0.05, 0) is 32.1 Å². The summed E-state index contributed by atoms with van der Waals surface area (Å²) in [6, 6.07) is 0.173. The van der Waals surface area contributed by atoms with Crippen molar-refractivity contribution in [2.24, 2.45) is 0 Å². The van der Waals surface area contributed by atoms with E-state index in [-0.39, 0.29) is 12.6 Å². The van der Waals surface area contributed by atoms with Gasteiger partial charge < -0.3 is 5.11 Å². The molecule has 0 amide bonds. The summed E-state index contributed by atoms with van der Waals surface area (Å²) in [6.07, 6.45) is 5.53. The Balaban J connectivity index is 2.06.